The first-order valence-corrected chi connectivity index (χ1v) is 7.78. The summed E-state index contributed by atoms with van der Waals surface area (Å²) in [5.41, 5.74) is 0.892. The summed E-state index contributed by atoms with van der Waals surface area (Å²) in [6.45, 7) is 2.46. The standard InChI is InChI=1S/C17H16N4O3/c22-16(14-7-4-12-23-14)20-8-10-21(11-9-20)17-19-18-15(24-17)13-5-2-1-3-6-13/h1-7,12H,8-11H2. The highest BCUT2D eigenvalue weighted by Crippen LogP contribution is 2.22. The fraction of sp³-hybridized carbons (Fsp3) is 0.235. The Morgan fingerprint density at radius 1 is 0.958 bits per heavy atom. The Bertz CT molecular complexity index is 806. The SMILES string of the molecule is O=C(c1ccco1)N1CCN(c2nnc(-c3ccccc3)o2)CC1. The maximum Gasteiger partial charge on any atom is 0.318 e. The van der Waals surface area contributed by atoms with Gasteiger partial charge in [0.1, 0.15) is 0 Å². The Balaban J connectivity index is 1.41. The number of amides is 1. The number of carbonyl (C=O) groups excluding carboxylic acids is 1. The van der Waals surface area contributed by atoms with Crippen molar-refractivity contribution in [1.82, 2.24) is 15.1 Å². The van der Waals surface area contributed by atoms with Crippen LogP contribution in [0.15, 0.2) is 57.6 Å². The molecule has 1 aliphatic heterocycles. The van der Waals surface area contributed by atoms with E-state index < -0.39 is 0 Å². The summed E-state index contributed by atoms with van der Waals surface area (Å²) in [6.07, 6.45) is 1.51. The minimum Gasteiger partial charge on any atom is -0.459 e. The van der Waals surface area contributed by atoms with Crippen LogP contribution in [0.5, 0.6) is 0 Å². The van der Waals surface area contributed by atoms with Crippen LogP contribution in [0.2, 0.25) is 0 Å². The van der Waals surface area contributed by atoms with Crippen LogP contribution in [0.4, 0.5) is 6.01 Å². The molecule has 0 atom stereocenters. The average molecular weight is 324 g/mol. The molecule has 24 heavy (non-hydrogen) atoms. The van der Waals surface area contributed by atoms with E-state index in [0.29, 0.717) is 43.8 Å². The maximum atomic E-state index is 12.3. The van der Waals surface area contributed by atoms with E-state index >= 15 is 0 Å². The van der Waals surface area contributed by atoms with Crippen LogP contribution in [0.3, 0.4) is 0 Å². The normalized spacial score (nSPS) is 14.8. The van der Waals surface area contributed by atoms with E-state index in [4.69, 9.17) is 8.83 Å². The molecule has 7 heteroatoms. The summed E-state index contributed by atoms with van der Waals surface area (Å²) in [6, 6.07) is 13.5. The van der Waals surface area contributed by atoms with Gasteiger partial charge in [0.2, 0.25) is 5.89 Å². The van der Waals surface area contributed by atoms with E-state index in [1.54, 1.807) is 17.0 Å². The number of benzene rings is 1. The monoisotopic (exact) mass is 324 g/mol. The number of anilines is 1. The summed E-state index contributed by atoms with van der Waals surface area (Å²) < 4.78 is 10.9. The van der Waals surface area contributed by atoms with Crippen molar-refractivity contribution in [1.29, 1.82) is 0 Å². The van der Waals surface area contributed by atoms with Crippen LogP contribution in [0.25, 0.3) is 11.5 Å². The Morgan fingerprint density at radius 2 is 1.75 bits per heavy atom. The summed E-state index contributed by atoms with van der Waals surface area (Å²) in [5.74, 6) is 0.780. The van der Waals surface area contributed by atoms with Crippen LogP contribution >= 0.6 is 0 Å². The van der Waals surface area contributed by atoms with Crippen molar-refractivity contribution in [2.75, 3.05) is 31.1 Å². The number of hydrogen-bond acceptors (Lipinski definition) is 6. The van der Waals surface area contributed by atoms with Gasteiger partial charge in [-0.15, -0.1) is 5.10 Å². The van der Waals surface area contributed by atoms with E-state index in [1.165, 1.54) is 6.26 Å². The molecule has 1 aromatic carbocycles. The van der Waals surface area contributed by atoms with Gasteiger partial charge in [0, 0.05) is 31.7 Å². The molecule has 0 spiro atoms. The van der Waals surface area contributed by atoms with Crippen LogP contribution < -0.4 is 4.90 Å². The molecule has 0 aliphatic carbocycles. The van der Waals surface area contributed by atoms with Crippen molar-refractivity contribution < 1.29 is 13.6 Å². The minimum absolute atomic E-state index is 0.0878. The molecule has 3 aromatic rings. The van der Waals surface area contributed by atoms with Crippen molar-refractivity contribution >= 4 is 11.9 Å². The molecule has 1 saturated heterocycles. The molecule has 2 aromatic heterocycles. The third kappa shape index (κ3) is 2.76. The second-order valence-corrected chi connectivity index (χ2v) is 5.51. The van der Waals surface area contributed by atoms with Gasteiger partial charge in [-0.25, -0.2) is 0 Å². The molecule has 1 amide bonds. The van der Waals surface area contributed by atoms with Gasteiger partial charge in [0.25, 0.3) is 5.91 Å². The lowest BCUT2D eigenvalue weighted by molar-refractivity contribution is 0.0713. The van der Waals surface area contributed by atoms with Crippen molar-refractivity contribution in [3.8, 4) is 11.5 Å². The van der Waals surface area contributed by atoms with Gasteiger partial charge in [-0.05, 0) is 24.3 Å². The number of carbonyl (C=O) groups is 1. The molecule has 0 saturated carbocycles. The van der Waals surface area contributed by atoms with Crippen LogP contribution in [-0.4, -0.2) is 47.2 Å². The quantitative estimate of drug-likeness (QED) is 0.736. The molecule has 3 heterocycles. The van der Waals surface area contributed by atoms with Gasteiger partial charge >= 0.3 is 6.01 Å². The number of nitrogens with zero attached hydrogens (tertiary/aromatic N) is 4. The first-order chi connectivity index (χ1) is 11.8. The van der Waals surface area contributed by atoms with Crippen molar-refractivity contribution in [2.24, 2.45) is 0 Å². The second kappa shape index (κ2) is 6.19. The number of furan rings is 1. The summed E-state index contributed by atoms with van der Waals surface area (Å²) in [7, 11) is 0. The zero-order valence-corrected chi connectivity index (χ0v) is 13.0. The topological polar surface area (TPSA) is 75.6 Å². The molecule has 0 unspecified atom stereocenters. The molecule has 0 radical (unpaired) electrons. The molecule has 122 valence electrons. The van der Waals surface area contributed by atoms with Gasteiger partial charge in [-0.3, -0.25) is 4.79 Å². The molecular formula is C17H16N4O3. The van der Waals surface area contributed by atoms with Crippen LogP contribution in [0, 0.1) is 0 Å². The number of aromatic nitrogens is 2. The summed E-state index contributed by atoms with van der Waals surface area (Å²) in [4.78, 5) is 16.0. The lowest BCUT2D eigenvalue weighted by Gasteiger charge is -2.33. The lowest BCUT2D eigenvalue weighted by Crippen LogP contribution is -2.48. The molecule has 1 aliphatic rings. The molecule has 7 nitrogen and oxygen atoms in total. The van der Waals surface area contributed by atoms with Gasteiger partial charge < -0.3 is 18.6 Å². The largest absolute Gasteiger partial charge is 0.459 e. The molecule has 1 fully saturated rings. The zero-order chi connectivity index (χ0) is 16.4. The Labute approximate surface area is 138 Å². The summed E-state index contributed by atoms with van der Waals surface area (Å²) in [5, 5.41) is 8.23. The highest BCUT2D eigenvalue weighted by atomic mass is 16.4. The third-order valence-electron chi connectivity index (χ3n) is 4.00. The van der Waals surface area contributed by atoms with E-state index in [0.717, 1.165) is 5.56 Å². The fourth-order valence-corrected chi connectivity index (χ4v) is 2.70. The number of rotatable bonds is 3. The predicted octanol–water partition coefficient (Wildman–Crippen LogP) is 2.29. The first-order valence-electron chi connectivity index (χ1n) is 7.78. The Hall–Kier alpha value is -3.09. The highest BCUT2D eigenvalue weighted by molar-refractivity contribution is 5.91. The number of piperazine rings is 1. The van der Waals surface area contributed by atoms with Gasteiger partial charge in [-0.2, -0.15) is 0 Å². The first kappa shape index (κ1) is 14.5. The predicted molar refractivity (Wildman–Crippen MR) is 86.6 cm³/mol. The Kier molecular flexibility index (Phi) is 3.74. The zero-order valence-electron chi connectivity index (χ0n) is 13.0. The fourth-order valence-electron chi connectivity index (χ4n) is 2.70. The highest BCUT2D eigenvalue weighted by Gasteiger charge is 2.26. The van der Waals surface area contributed by atoms with Gasteiger partial charge in [0.15, 0.2) is 5.76 Å². The van der Waals surface area contributed by atoms with Crippen molar-refractivity contribution in [3.63, 3.8) is 0 Å². The second-order valence-electron chi connectivity index (χ2n) is 5.51. The lowest BCUT2D eigenvalue weighted by atomic mass is 10.2. The summed E-state index contributed by atoms with van der Waals surface area (Å²) >= 11 is 0. The maximum absolute atomic E-state index is 12.3. The Morgan fingerprint density at radius 3 is 2.46 bits per heavy atom. The average Bonchev–Trinajstić information content (AvgIpc) is 3.34. The van der Waals surface area contributed by atoms with Crippen molar-refractivity contribution in [3.05, 3.63) is 54.5 Å². The van der Waals surface area contributed by atoms with E-state index in [1.807, 2.05) is 35.2 Å². The third-order valence-corrected chi connectivity index (χ3v) is 4.00. The minimum atomic E-state index is -0.0878. The van der Waals surface area contributed by atoms with Crippen LogP contribution in [0.1, 0.15) is 10.6 Å². The molecular weight excluding hydrogens is 308 g/mol. The van der Waals surface area contributed by atoms with E-state index in [-0.39, 0.29) is 5.91 Å². The van der Waals surface area contributed by atoms with E-state index in [2.05, 4.69) is 10.2 Å². The molecule has 4 rings (SSSR count). The molecule has 0 N–H and O–H groups in total. The smallest absolute Gasteiger partial charge is 0.318 e. The van der Waals surface area contributed by atoms with Crippen molar-refractivity contribution in [2.45, 2.75) is 0 Å². The van der Waals surface area contributed by atoms with Gasteiger partial charge in [0.05, 0.1) is 6.26 Å². The van der Waals surface area contributed by atoms with Gasteiger partial charge in [-0.1, -0.05) is 23.3 Å². The van der Waals surface area contributed by atoms with E-state index in [9.17, 15) is 4.79 Å². The molecule has 0 bridgehead atoms. The van der Waals surface area contributed by atoms with Crippen LogP contribution in [-0.2, 0) is 0 Å². The number of hydrogen-bond donors (Lipinski definition) is 0.